The van der Waals surface area contributed by atoms with Crippen LogP contribution in [0.15, 0.2) is 24.3 Å². The molecule has 2 atom stereocenters. The van der Waals surface area contributed by atoms with Crippen LogP contribution in [-0.4, -0.2) is 50.7 Å². The highest BCUT2D eigenvalue weighted by Crippen LogP contribution is 2.31. The molecule has 2 aliphatic rings. The molecule has 1 aliphatic carbocycles. The minimum atomic E-state index is -3.79. The predicted molar refractivity (Wildman–Crippen MR) is 108 cm³/mol. The van der Waals surface area contributed by atoms with E-state index in [1.165, 1.54) is 11.8 Å². The first-order valence-corrected chi connectivity index (χ1v) is 11.5. The summed E-state index contributed by atoms with van der Waals surface area (Å²) in [5.41, 5.74) is 1.50. The van der Waals surface area contributed by atoms with Gasteiger partial charge in [-0.15, -0.1) is 0 Å². The van der Waals surface area contributed by atoms with Crippen LogP contribution >= 0.6 is 0 Å². The van der Waals surface area contributed by atoms with Gasteiger partial charge in [-0.25, -0.2) is 13.2 Å². The van der Waals surface area contributed by atoms with E-state index in [0.717, 1.165) is 24.7 Å². The smallest absolute Gasteiger partial charge is 0.414 e. The third kappa shape index (κ3) is 4.73. The minimum Gasteiger partial charge on any atom is -0.465 e. The van der Waals surface area contributed by atoms with Gasteiger partial charge < -0.3 is 9.47 Å². The van der Waals surface area contributed by atoms with Gasteiger partial charge in [-0.1, -0.05) is 11.8 Å². The van der Waals surface area contributed by atoms with Gasteiger partial charge in [0.05, 0.1) is 13.2 Å². The first kappa shape index (κ1) is 21.2. The number of cyclic esters (lactones) is 1. The number of esters is 1. The maximum absolute atomic E-state index is 12.3. The number of rotatable bonds is 6. The van der Waals surface area contributed by atoms with Crippen LogP contribution < -0.4 is 4.90 Å². The van der Waals surface area contributed by atoms with E-state index in [-0.39, 0.29) is 19.6 Å². The van der Waals surface area contributed by atoms with Crippen molar-refractivity contribution in [1.82, 2.24) is 0 Å². The Kier molecular flexibility index (Phi) is 5.90. The summed E-state index contributed by atoms with van der Waals surface area (Å²) in [6, 6.07) is 7.23. The molecule has 156 valence electrons. The van der Waals surface area contributed by atoms with Crippen molar-refractivity contribution >= 4 is 27.6 Å². The number of sulfone groups is 1. The zero-order valence-electron chi connectivity index (χ0n) is 16.8. The molecule has 2 fully saturated rings. The molecule has 29 heavy (non-hydrogen) atoms. The molecule has 8 heteroatoms. The molecule has 1 saturated heterocycles. The molecule has 7 nitrogen and oxygen atoms in total. The molecule has 1 heterocycles. The van der Waals surface area contributed by atoms with Crippen molar-refractivity contribution < 1.29 is 27.5 Å². The maximum Gasteiger partial charge on any atom is 0.414 e. The zero-order valence-corrected chi connectivity index (χ0v) is 17.6. The second kappa shape index (κ2) is 8.07. The Labute approximate surface area is 171 Å². The van der Waals surface area contributed by atoms with Gasteiger partial charge in [0.2, 0.25) is 0 Å². The lowest BCUT2D eigenvalue weighted by Gasteiger charge is -2.27. The summed E-state index contributed by atoms with van der Waals surface area (Å²) in [7, 11) is -3.79. The lowest BCUT2D eigenvalue weighted by atomic mass is 10.0. The number of anilines is 1. The fourth-order valence-corrected chi connectivity index (χ4v) is 3.93. The highest BCUT2D eigenvalue weighted by molar-refractivity contribution is 7.92. The van der Waals surface area contributed by atoms with Gasteiger partial charge >= 0.3 is 12.1 Å². The predicted octanol–water partition coefficient (Wildman–Crippen LogP) is 2.53. The van der Waals surface area contributed by atoms with Crippen LogP contribution in [0.5, 0.6) is 0 Å². The van der Waals surface area contributed by atoms with E-state index >= 15 is 0 Å². The molecule has 0 N–H and O–H groups in total. The molecule has 0 spiro atoms. The van der Waals surface area contributed by atoms with Crippen LogP contribution in [0.1, 0.15) is 38.7 Å². The van der Waals surface area contributed by atoms with Crippen molar-refractivity contribution in [3.05, 3.63) is 29.8 Å². The zero-order chi connectivity index (χ0) is 21.2. The number of carbonyl (C=O) groups excluding carboxylic acids is 2. The van der Waals surface area contributed by atoms with Gasteiger partial charge in [-0.2, -0.15) is 0 Å². The van der Waals surface area contributed by atoms with Gasteiger partial charge in [0.25, 0.3) is 0 Å². The van der Waals surface area contributed by atoms with E-state index in [1.54, 1.807) is 19.1 Å². The summed E-state index contributed by atoms with van der Waals surface area (Å²) in [6.45, 7) is 3.13. The van der Waals surface area contributed by atoms with Crippen LogP contribution in [-0.2, 0) is 24.1 Å². The molecule has 3 rings (SSSR count). The number of nitrogens with zero attached hydrogens (tertiary/aromatic N) is 1. The third-order valence-electron chi connectivity index (χ3n) is 5.19. The van der Waals surface area contributed by atoms with Crippen LogP contribution in [0, 0.1) is 17.8 Å². The lowest BCUT2D eigenvalue weighted by molar-refractivity contribution is -0.146. The fourth-order valence-electron chi connectivity index (χ4n) is 3.08. The third-order valence-corrected chi connectivity index (χ3v) is 7.16. The van der Waals surface area contributed by atoms with Crippen LogP contribution in [0.2, 0.25) is 0 Å². The summed E-state index contributed by atoms with van der Waals surface area (Å²) < 4.78 is 33.1. The monoisotopic (exact) mass is 419 g/mol. The molecular weight excluding hydrogens is 394 g/mol. The Hall–Kier alpha value is -2.53. The minimum absolute atomic E-state index is 0.0660. The summed E-state index contributed by atoms with van der Waals surface area (Å²) in [5, 5.41) is 0. The van der Waals surface area contributed by atoms with E-state index in [0.29, 0.717) is 11.6 Å². The van der Waals surface area contributed by atoms with Crippen molar-refractivity contribution in [2.24, 2.45) is 5.92 Å². The van der Waals surface area contributed by atoms with Gasteiger partial charge in [0.1, 0.15) is 6.10 Å². The second-order valence-electron chi connectivity index (χ2n) is 7.63. The summed E-state index contributed by atoms with van der Waals surface area (Å²) in [5.74, 6) is 5.97. The van der Waals surface area contributed by atoms with Gasteiger partial charge in [0.15, 0.2) is 14.6 Å². The topological polar surface area (TPSA) is 90.0 Å². The normalized spacial score (nSPS) is 21.0. The molecule has 1 unspecified atom stereocenters. The Morgan fingerprint density at radius 2 is 1.97 bits per heavy atom. The molecule has 1 amide bonds. The summed E-state index contributed by atoms with van der Waals surface area (Å²) in [6.07, 6.45) is 1.80. The summed E-state index contributed by atoms with van der Waals surface area (Å²) in [4.78, 5) is 26.1. The van der Waals surface area contributed by atoms with Crippen LogP contribution in [0.25, 0.3) is 0 Å². The largest absolute Gasteiger partial charge is 0.465 e. The lowest BCUT2D eigenvalue weighted by Crippen LogP contribution is -2.47. The highest BCUT2D eigenvalue weighted by Gasteiger charge is 2.49. The van der Waals surface area contributed by atoms with Crippen LogP contribution in [0.3, 0.4) is 0 Å². The number of carbonyl (C=O) groups is 2. The average Bonchev–Trinajstić information content (AvgIpc) is 3.42. The summed E-state index contributed by atoms with van der Waals surface area (Å²) >= 11 is 0. The first-order chi connectivity index (χ1) is 13.6. The van der Waals surface area contributed by atoms with E-state index in [2.05, 4.69) is 11.8 Å². The molecule has 0 aromatic heterocycles. The average molecular weight is 419 g/mol. The van der Waals surface area contributed by atoms with Crippen molar-refractivity contribution in [2.75, 3.05) is 24.3 Å². The number of amides is 1. The second-order valence-corrected chi connectivity index (χ2v) is 10.1. The Bertz CT molecular complexity index is 955. The molecule has 1 saturated carbocycles. The Balaban J connectivity index is 1.72. The maximum atomic E-state index is 12.3. The van der Waals surface area contributed by atoms with E-state index in [9.17, 15) is 18.0 Å². The van der Waals surface area contributed by atoms with Gasteiger partial charge in [-0.05, 0) is 51.0 Å². The Morgan fingerprint density at radius 1 is 1.31 bits per heavy atom. The van der Waals surface area contributed by atoms with Gasteiger partial charge in [-0.3, -0.25) is 9.69 Å². The molecule has 1 aromatic carbocycles. The molecule has 1 aromatic rings. The first-order valence-electron chi connectivity index (χ1n) is 9.60. The molecule has 0 bridgehead atoms. The standard InChI is InChI=1S/C21H25NO6S/c1-4-27-19(23)21(2,29(3,25)26)13-18-14-22(20(24)28-18)17-11-9-16(10-12-17)8-7-15-5-6-15/h9-12,15,18H,4-6,13-14H2,1-3H3/t18-,21?/m0/s1. The van der Waals surface area contributed by atoms with Crippen molar-refractivity contribution in [3.63, 3.8) is 0 Å². The number of benzene rings is 1. The highest BCUT2D eigenvalue weighted by atomic mass is 32.2. The van der Waals surface area contributed by atoms with E-state index in [1.807, 2.05) is 12.1 Å². The van der Waals surface area contributed by atoms with E-state index in [4.69, 9.17) is 9.47 Å². The Morgan fingerprint density at radius 3 is 2.52 bits per heavy atom. The van der Waals surface area contributed by atoms with Crippen LogP contribution in [0.4, 0.5) is 10.5 Å². The fraction of sp³-hybridized carbons (Fsp3) is 0.524. The van der Waals surface area contributed by atoms with Gasteiger partial charge in [0, 0.05) is 29.8 Å². The molecule has 0 radical (unpaired) electrons. The molecule has 1 aliphatic heterocycles. The number of hydrogen-bond donors (Lipinski definition) is 0. The SMILES string of the molecule is CCOC(=O)C(C)(C[C@H]1CN(c2ccc(C#CC3CC3)cc2)C(=O)O1)S(C)(=O)=O. The van der Waals surface area contributed by atoms with Crippen molar-refractivity contribution in [3.8, 4) is 11.8 Å². The number of hydrogen-bond acceptors (Lipinski definition) is 6. The van der Waals surface area contributed by atoms with E-state index < -0.39 is 32.8 Å². The van der Waals surface area contributed by atoms with Crippen molar-refractivity contribution in [2.45, 2.75) is 44.0 Å². The molecular formula is C21H25NO6S. The number of ether oxygens (including phenoxy) is 2. The quantitative estimate of drug-likeness (QED) is 0.520. The van der Waals surface area contributed by atoms with Crippen molar-refractivity contribution in [1.29, 1.82) is 0 Å².